The highest BCUT2D eigenvalue weighted by Gasteiger charge is 2.30. The van der Waals surface area contributed by atoms with Crippen LogP contribution in [0.3, 0.4) is 0 Å². The van der Waals surface area contributed by atoms with E-state index in [2.05, 4.69) is 22.8 Å². The summed E-state index contributed by atoms with van der Waals surface area (Å²) >= 11 is 0. The topological polar surface area (TPSA) is 24.1 Å². The van der Waals surface area contributed by atoms with Gasteiger partial charge in [0, 0.05) is 16.8 Å². The molecule has 4 rings (SSSR count). The zero-order valence-electron chi connectivity index (χ0n) is 14.1. The summed E-state index contributed by atoms with van der Waals surface area (Å²) in [7, 11) is 0. The number of alkyl halides is 3. The Morgan fingerprint density at radius 3 is 2.15 bits per heavy atom. The summed E-state index contributed by atoms with van der Waals surface area (Å²) in [6.07, 6.45) is -2.76. The van der Waals surface area contributed by atoms with Gasteiger partial charge in [-0.05, 0) is 47.7 Å². The average molecular weight is 354 g/mol. The molecule has 0 fully saturated rings. The molecule has 132 valence electrons. The molecular formula is C21H17F3N2. The molecule has 0 aromatic heterocycles. The lowest BCUT2D eigenvalue weighted by atomic mass is 10.0. The summed E-state index contributed by atoms with van der Waals surface area (Å²) in [5.74, 6) is 0. The number of anilines is 2. The van der Waals surface area contributed by atoms with Crippen molar-refractivity contribution < 1.29 is 13.2 Å². The maximum Gasteiger partial charge on any atom is 0.416 e. The van der Waals surface area contributed by atoms with E-state index in [-0.39, 0.29) is 6.17 Å². The van der Waals surface area contributed by atoms with Crippen molar-refractivity contribution in [2.24, 2.45) is 0 Å². The molecule has 1 aliphatic heterocycles. The Morgan fingerprint density at radius 2 is 1.54 bits per heavy atom. The molecule has 0 radical (unpaired) electrons. The Kier molecular flexibility index (Phi) is 3.87. The van der Waals surface area contributed by atoms with Crippen molar-refractivity contribution in [3.63, 3.8) is 0 Å². The number of halogens is 3. The highest BCUT2D eigenvalue weighted by atomic mass is 19.4. The fourth-order valence-electron chi connectivity index (χ4n) is 3.31. The lowest BCUT2D eigenvalue weighted by Crippen LogP contribution is -2.32. The maximum atomic E-state index is 12.9. The lowest BCUT2D eigenvalue weighted by molar-refractivity contribution is -0.137. The molecule has 0 unspecified atom stereocenters. The zero-order valence-corrected chi connectivity index (χ0v) is 14.1. The summed E-state index contributed by atoms with van der Waals surface area (Å²) in [4.78, 5) is 0. The quantitative estimate of drug-likeness (QED) is 0.579. The van der Waals surface area contributed by atoms with Gasteiger partial charge in [0.15, 0.2) is 0 Å². The molecule has 0 amide bonds. The minimum atomic E-state index is -4.34. The minimum absolute atomic E-state index is 0.190. The average Bonchev–Trinajstić information content (AvgIpc) is 2.61. The van der Waals surface area contributed by atoms with Crippen LogP contribution in [-0.4, -0.2) is 6.17 Å². The van der Waals surface area contributed by atoms with Gasteiger partial charge in [0.1, 0.15) is 6.17 Å². The van der Waals surface area contributed by atoms with E-state index < -0.39 is 11.7 Å². The molecule has 2 nitrogen and oxygen atoms in total. The van der Waals surface area contributed by atoms with Crippen LogP contribution in [0.1, 0.15) is 18.1 Å². The third kappa shape index (κ3) is 3.01. The molecule has 0 aliphatic carbocycles. The molecule has 0 spiro atoms. The van der Waals surface area contributed by atoms with Crippen molar-refractivity contribution in [2.75, 3.05) is 10.6 Å². The van der Waals surface area contributed by atoms with E-state index in [1.807, 2.05) is 31.2 Å². The molecule has 0 atom stereocenters. The van der Waals surface area contributed by atoms with Crippen LogP contribution < -0.4 is 10.6 Å². The first kappa shape index (κ1) is 16.5. The largest absolute Gasteiger partial charge is 0.416 e. The van der Waals surface area contributed by atoms with Crippen LogP contribution in [0.25, 0.3) is 16.8 Å². The summed E-state index contributed by atoms with van der Waals surface area (Å²) < 4.78 is 38.7. The second kappa shape index (κ2) is 6.09. The fraction of sp³-hybridized carbons (Fsp3) is 0.143. The van der Waals surface area contributed by atoms with Gasteiger partial charge in [-0.1, -0.05) is 42.5 Å². The van der Waals surface area contributed by atoms with Crippen LogP contribution in [-0.2, 0) is 6.18 Å². The van der Waals surface area contributed by atoms with Gasteiger partial charge in [-0.15, -0.1) is 0 Å². The monoisotopic (exact) mass is 354 g/mol. The predicted octanol–water partition coefficient (Wildman–Crippen LogP) is 6.13. The van der Waals surface area contributed by atoms with E-state index in [0.717, 1.165) is 33.8 Å². The summed E-state index contributed by atoms with van der Waals surface area (Å²) in [6, 6.07) is 17.5. The Bertz CT molecular complexity index is 965. The Balaban J connectivity index is 1.66. The van der Waals surface area contributed by atoms with Gasteiger partial charge < -0.3 is 10.6 Å². The van der Waals surface area contributed by atoms with Crippen LogP contribution >= 0.6 is 0 Å². The molecular weight excluding hydrogens is 337 g/mol. The van der Waals surface area contributed by atoms with Crippen molar-refractivity contribution in [3.8, 4) is 0 Å². The van der Waals surface area contributed by atoms with Crippen molar-refractivity contribution in [2.45, 2.75) is 19.3 Å². The van der Waals surface area contributed by atoms with Gasteiger partial charge in [-0.3, -0.25) is 0 Å². The Labute approximate surface area is 149 Å². The van der Waals surface area contributed by atoms with Crippen LogP contribution in [0, 0.1) is 0 Å². The first-order chi connectivity index (χ1) is 12.4. The highest BCUT2D eigenvalue weighted by Crippen LogP contribution is 2.36. The number of nitrogens with one attached hydrogen (secondary N) is 2. The van der Waals surface area contributed by atoms with E-state index in [1.165, 1.54) is 12.1 Å². The van der Waals surface area contributed by atoms with Gasteiger partial charge >= 0.3 is 6.18 Å². The smallest absolute Gasteiger partial charge is 0.361 e. The van der Waals surface area contributed by atoms with Crippen LogP contribution in [0.4, 0.5) is 24.5 Å². The minimum Gasteiger partial charge on any atom is -0.361 e. The molecule has 0 bridgehead atoms. The number of rotatable bonds is 2. The standard InChI is InChI=1S/C21H17F3N2/c1-13(11-14-5-2-8-16(12-14)21(22,23)24)20-25-17-9-3-6-15-7-4-10-18(26-20)19(15)17/h2-12,20,25-26H,1H3/b13-11+. The third-order valence-electron chi connectivity index (χ3n) is 4.57. The van der Waals surface area contributed by atoms with Gasteiger partial charge in [-0.2, -0.15) is 13.2 Å². The number of hydrogen-bond donors (Lipinski definition) is 2. The fourth-order valence-corrected chi connectivity index (χ4v) is 3.31. The molecule has 1 aliphatic rings. The number of hydrogen-bond acceptors (Lipinski definition) is 2. The third-order valence-corrected chi connectivity index (χ3v) is 4.57. The molecule has 0 saturated carbocycles. The molecule has 5 heteroatoms. The molecule has 26 heavy (non-hydrogen) atoms. The SMILES string of the molecule is C/C(=C\c1cccc(C(F)(F)F)c1)C1Nc2cccc3cccc(c23)N1. The predicted molar refractivity (Wildman–Crippen MR) is 100 cm³/mol. The lowest BCUT2D eigenvalue weighted by Gasteiger charge is -2.30. The second-order valence-corrected chi connectivity index (χ2v) is 6.44. The first-order valence-corrected chi connectivity index (χ1v) is 8.32. The zero-order chi connectivity index (χ0) is 18.3. The molecule has 0 saturated heterocycles. The van der Waals surface area contributed by atoms with Crippen molar-refractivity contribution in [3.05, 3.63) is 77.4 Å². The highest BCUT2D eigenvalue weighted by molar-refractivity contribution is 6.05. The Morgan fingerprint density at radius 1 is 0.923 bits per heavy atom. The van der Waals surface area contributed by atoms with E-state index in [0.29, 0.717) is 5.56 Å². The van der Waals surface area contributed by atoms with E-state index in [4.69, 9.17) is 0 Å². The van der Waals surface area contributed by atoms with Crippen LogP contribution in [0.5, 0.6) is 0 Å². The molecule has 3 aromatic carbocycles. The van der Waals surface area contributed by atoms with Crippen molar-refractivity contribution >= 4 is 28.2 Å². The maximum absolute atomic E-state index is 12.9. The van der Waals surface area contributed by atoms with Gasteiger partial charge in [0.05, 0.1) is 5.56 Å². The van der Waals surface area contributed by atoms with Gasteiger partial charge in [0.2, 0.25) is 0 Å². The van der Waals surface area contributed by atoms with Crippen molar-refractivity contribution in [1.29, 1.82) is 0 Å². The molecule has 2 N–H and O–H groups in total. The van der Waals surface area contributed by atoms with Crippen molar-refractivity contribution in [1.82, 2.24) is 0 Å². The van der Waals surface area contributed by atoms with E-state index in [9.17, 15) is 13.2 Å². The second-order valence-electron chi connectivity index (χ2n) is 6.44. The van der Waals surface area contributed by atoms with E-state index in [1.54, 1.807) is 12.1 Å². The Hall–Kier alpha value is -2.95. The summed E-state index contributed by atoms with van der Waals surface area (Å²) in [5, 5.41) is 9.11. The normalized spacial score (nSPS) is 14.8. The molecule has 3 aromatic rings. The van der Waals surface area contributed by atoms with Gasteiger partial charge in [-0.25, -0.2) is 0 Å². The summed E-state index contributed by atoms with van der Waals surface area (Å²) in [5.41, 5.74) is 2.81. The first-order valence-electron chi connectivity index (χ1n) is 8.32. The summed E-state index contributed by atoms with van der Waals surface area (Å²) in [6.45, 7) is 1.90. The van der Waals surface area contributed by atoms with Crippen LogP contribution in [0.2, 0.25) is 0 Å². The van der Waals surface area contributed by atoms with Gasteiger partial charge in [0.25, 0.3) is 0 Å². The van der Waals surface area contributed by atoms with Crippen LogP contribution in [0.15, 0.2) is 66.2 Å². The number of benzene rings is 3. The molecule has 1 heterocycles. The van der Waals surface area contributed by atoms with E-state index >= 15 is 0 Å².